The SMILES string of the molecule is Cc1cccc2c1nc(NC1CCN(CC(N)C(C)C)CC1)n2Cc1cccc2c1ncn2C. The van der Waals surface area contributed by atoms with Gasteiger partial charge in [-0.2, -0.15) is 0 Å². The molecule has 1 unspecified atom stereocenters. The van der Waals surface area contributed by atoms with Crippen molar-refractivity contribution in [2.75, 3.05) is 25.0 Å². The van der Waals surface area contributed by atoms with Crippen LogP contribution in [-0.4, -0.2) is 55.7 Å². The molecule has 1 saturated heterocycles. The molecule has 34 heavy (non-hydrogen) atoms. The molecule has 7 nitrogen and oxygen atoms in total. The van der Waals surface area contributed by atoms with Crippen LogP contribution >= 0.6 is 0 Å². The lowest BCUT2D eigenvalue weighted by atomic mass is 10.0. The largest absolute Gasteiger partial charge is 0.353 e. The maximum absolute atomic E-state index is 6.32. The zero-order valence-corrected chi connectivity index (χ0v) is 20.8. The highest BCUT2D eigenvalue weighted by Crippen LogP contribution is 2.27. The number of aromatic nitrogens is 4. The number of benzene rings is 2. The minimum atomic E-state index is 0.242. The summed E-state index contributed by atoms with van der Waals surface area (Å²) in [4.78, 5) is 12.3. The van der Waals surface area contributed by atoms with Crippen LogP contribution in [0.5, 0.6) is 0 Å². The summed E-state index contributed by atoms with van der Waals surface area (Å²) in [6.07, 6.45) is 4.09. The molecule has 3 heterocycles. The van der Waals surface area contributed by atoms with Crippen LogP contribution in [0.15, 0.2) is 42.7 Å². The number of hydrogen-bond acceptors (Lipinski definition) is 5. The van der Waals surface area contributed by atoms with Crippen LogP contribution in [0.25, 0.3) is 22.1 Å². The molecule has 0 aliphatic carbocycles. The van der Waals surface area contributed by atoms with E-state index < -0.39 is 0 Å². The van der Waals surface area contributed by atoms with Crippen molar-refractivity contribution in [1.29, 1.82) is 0 Å². The number of piperidine rings is 1. The molecular formula is C27H37N7. The predicted molar refractivity (Wildman–Crippen MR) is 140 cm³/mol. The van der Waals surface area contributed by atoms with E-state index in [0.717, 1.165) is 67.0 Å². The van der Waals surface area contributed by atoms with Gasteiger partial charge in [0.1, 0.15) is 0 Å². The van der Waals surface area contributed by atoms with Crippen LogP contribution in [0.1, 0.15) is 37.8 Å². The molecule has 2 aromatic carbocycles. The van der Waals surface area contributed by atoms with Gasteiger partial charge in [-0.3, -0.25) is 0 Å². The molecule has 1 aliphatic heterocycles. The number of fused-ring (bicyclic) bond motifs is 2. The Balaban J connectivity index is 1.40. The first-order chi connectivity index (χ1) is 16.4. The second-order valence-electron chi connectivity index (χ2n) is 10.2. The van der Waals surface area contributed by atoms with Crippen molar-refractivity contribution in [3.8, 4) is 0 Å². The maximum Gasteiger partial charge on any atom is 0.204 e. The van der Waals surface area contributed by atoms with E-state index in [1.54, 1.807) is 0 Å². The summed E-state index contributed by atoms with van der Waals surface area (Å²) in [7, 11) is 2.04. The highest BCUT2D eigenvalue weighted by molar-refractivity contribution is 5.83. The lowest BCUT2D eigenvalue weighted by Gasteiger charge is -2.34. The molecule has 4 aromatic rings. The van der Waals surface area contributed by atoms with Crippen LogP contribution in [-0.2, 0) is 13.6 Å². The number of imidazole rings is 2. The Morgan fingerprint density at radius 3 is 2.56 bits per heavy atom. The van der Waals surface area contributed by atoms with Crippen molar-refractivity contribution in [2.45, 2.75) is 52.2 Å². The van der Waals surface area contributed by atoms with E-state index in [1.807, 2.05) is 13.4 Å². The van der Waals surface area contributed by atoms with Crippen molar-refractivity contribution >= 4 is 28.0 Å². The van der Waals surface area contributed by atoms with Crippen molar-refractivity contribution in [1.82, 2.24) is 24.0 Å². The third-order valence-electron chi connectivity index (χ3n) is 7.39. The van der Waals surface area contributed by atoms with Gasteiger partial charge < -0.3 is 25.1 Å². The minimum absolute atomic E-state index is 0.242. The zero-order valence-electron chi connectivity index (χ0n) is 20.8. The highest BCUT2D eigenvalue weighted by atomic mass is 15.2. The number of anilines is 1. The fourth-order valence-corrected chi connectivity index (χ4v) is 5.02. The van der Waals surface area contributed by atoms with Gasteiger partial charge in [-0.05, 0) is 48.9 Å². The molecule has 3 N–H and O–H groups in total. The summed E-state index contributed by atoms with van der Waals surface area (Å²) in [6.45, 7) is 10.4. The monoisotopic (exact) mass is 459 g/mol. The topological polar surface area (TPSA) is 76.9 Å². The van der Waals surface area contributed by atoms with E-state index in [1.165, 1.54) is 11.1 Å². The third-order valence-corrected chi connectivity index (χ3v) is 7.39. The van der Waals surface area contributed by atoms with Gasteiger partial charge >= 0.3 is 0 Å². The molecule has 5 rings (SSSR count). The molecule has 2 aromatic heterocycles. The molecule has 0 radical (unpaired) electrons. The second kappa shape index (κ2) is 9.39. The number of nitrogens with zero attached hydrogens (tertiary/aromatic N) is 5. The Morgan fingerprint density at radius 1 is 1.06 bits per heavy atom. The van der Waals surface area contributed by atoms with E-state index >= 15 is 0 Å². The van der Waals surface area contributed by atoms with Crippen molar-refractivity contribution in [3.63, 3.8) is 0 Å². The van der Waals surface area contributed by atoms with Crippen LogP contribution in [0.4, 0.5) is 5.95 Å². The Morgan fingerprint density at radius 2 is 1.79 bits per heavy atom. The third kappa shape index (κ3) is 4.42. The van der Waals surface area contributed by atoms with Gasteiger partial charge in [-0.15, -0.1) is 0 Å². The number of para-hydroxylation sites is 2. The Labute approximate surface area is 202 Å². The van der Waals surface area contributed by atoms with Gasteiger partial charge in [0.25, 0.3) is 0 Å². The van der Waals surface area contributed by atoms with E-state index in [0.29, 0.717) is 12.0 Å². The lowest BCUT2D eigenvalue weighted by Crippen LogP contribution is -2.46. The average molecular weight is 460 g/mol. The molecule has 180 valence electrons. The Kier molecular flexibility index (Phi) is 6.32. The van der Waals surface area contributed by atoms with Crippen LogP contribution in [0.3, 0.4) is 0 Å². The fourth-order valence-electron chi connectivity index (χ4n) is 5.02. The fraction of sp³-hybridized carbons (Fsp3) is 0.481. The molecule has 0 saturated carbocycles. The van der Waals surface area contributed by atoms with Crippen molar-refractivity contribution in [2.24, 2.45) is 18.7 Å². The van der Waals surface area contributed by atoms with Gasteiger partial charge in [-0.25, -0.2) is 9.97 Å². The Hall–Kier alpha value is -2.90. The number of hydrogen-bond donors (Lipinski definition) is 2. The maximum atomic E-state index is 6.32. The number of nitrogens with two attached hydrogens (primary N) is 1. The van der Waals surface area contributed by atoms with Gasteiger partial charge in [-0.1, -0.05) is 38.1 Å². The van der Waals surface area contributed by atoms with Crippen LogP contribution < -0.4 is 11.1 Å². The van der Waals surface area contributed by atoms with Gasteiger partial charge in [0, 0.05) is 38.8 Å². The molecule has 1 atom stereocenters. The van der Waals surface area contributed by atoms with E-state index in [9.17, 15) is 0 Å². The summed E-state index contributed by atoms with van der Waals surface area (Å²) in [6, 6.07) is 13.5. The normalized spacial score (nSPS) is 16.6. The van der Waals surface area contributed by atoms with Crippen LogP contribution in [0, 0.1) is 12.8 Å². The van der Waals surface area contributed by atoms with Crippen LogP contribution in [0.2, 0.25) is 0 Å². The van der Waals surface area contributed by atoms with Crippen molar-refractivity contribution in [3.05, 3.63) is 53.9 Å². The quantitative estimate of drug-likeness (QED) is 0.434. The number of aryl methyl sites for hydroxylation is 2. The summed E-state index contributed by atoms with van der Waals surface area (Å²) < 4.78 is 4.40. The highest BCUT2D eigenvalue weighted by Gasteiger charge is 2.23. The summed E-state index contributed by atoms with van der Waals surface area (Å²) in [5, 5.41) is 3.80. The first-order valence-electron chi connectivity index (χ1n) is 12.5. The number of rotatable bonds is 7. The number of nitrogens with one attached hydrogen (secondary N) is 1. The molecule has 0 bridgehead atoms. The van der Waals surface area contributed by atoms with E-state index in [4.69, 9.17) is 10.7 Å². The minimum Gasteiger partial charge on any atom is -0.353 e. The molecule has 7 heteroatoms. The summed E-state index contributed by atoms with van der Waals surface area (Å²) in [5.41, 5.74) is 13.2. The summed E-state index contributed by atoms with van der Waals surface area (Å²) >= 11 is 0. The first kappa shape index (κ1) is 22.9. The van der Waals surface area contributed by atoms with Gasteiger partial charge in [0.2, 0.25) is 5.95 Å². The molecule has 1 aliphatic rings. The zero-order chi connectivity index (χ0) is 23.8. The second-order valence-corrected chi connectivity index (χ2v) is 10.2. The summed E-state index contributed by atoms with van der Waals surface area (Å²) in [5.74, 6) is 1.47. The average Bonchev–Trinajstić information content (AvgIpc) is 3.37. The molecule has 0 spiro atoms. The Bertz CT molecular complexity index is 1280. The lowest BCUT2D eigenvalue weighted by molar-refractivity contribution is 0.194. The first-order valence-corrected chi connectivity index (χ1v) is 12.5. The van der Waals surface area contributed by atoms with Crippen molar-refractivity contribution < 1.29 is 0 Å². The standard InChI is InChI=1S/C27H37N7/c1-18(2)22(28)16-33-13-11-21(12-14-33)30-27-31-25-19(3)7-5-10-24(25)34(27)15-20-8-6-9-23-26(20)29-17-32(23)4/h5-10,17-18,21-22H,11-16,28H2,1-4H3,(H,30,31). The van der Waals surface area contributed by atoms with Gasteiger partial charge in [0.05, 0.1) is 34.9 Å². The smallest absolute Gasteiger partial charge is 0.204 e. The van der Waals surface area contributed by atoms with E-state index in [-0.39, 0.29) is 6.04 Å². The molecule has 0 amide bonds. The van der Waals surface area contributed by atoms with E-state index in [2.05, 4.69) is 81.5 Å². The van der Waals surface area contributed by atoms with Gasteiger partial charge in [0.15, 0.2) is 0 Å². The molecular weight excluding hydrogens is 422 g/mol. The molecule has 1 fully saturated rings. The number of likely N-dealkylation sites (tertiary alicyclic amines) is 1. The predicted octanol–water partition coefficient (Wildman–Crippen LogP) is 4.14.